The maximum Gasteiger partial charge on any atom is 0.323 e. The van der Waals surface area contributed by atoms with E-state index in [0.717, 1.165) is 0 Å². The molecule has 0 aliphatic carbocycles. The average Bonchev–Trinajstić information content (AvgIpc) is 2.66. The SMILES string of the molecule is COCCCNC(=O)c1ccccc1NC(=O)Nc1ccccc1OC. The maximum atomic E-state index is 12.3. The first-order chi connectivity index (χ1) is 12.7. The van der Waals surface area contributed by atoms with Crippen molar-refractivity contribution in [1.29, 1.82) is 0 Å². The van der Waals surface area contributed by atoms with Gasteiger partial charge in [0, 0.05) is 20.3 Å². The summed E-state index contributed by atoms with van der Waals surface area (Å²) in [5, 5.41) is 8.22. The smallest absolute Gasteiger partial charge is 0.323 e. The second-order valence-electron chi connectivity index (χ2n) is 5.43. The van der Waals surface area contributed by atoms with Gasteiger partial charge in [0.1, 0.15) is 5.75 Å². The second-order valence-corrected chi connectivity index (χ2v) is 5.43. The number of amides is 3. The summed E-state index contributed by atoms with van der Waals surface area (Å²) in [6.45, 7) is 1.07. The molecular formula is C19H23N3O4. The molecule has 0 heterocycles. The van der Waals surface area contributed by atoms with E-state index >= 15 is 0 Å². The van der Waals surface area contributed by atoms with Crippen molar-refractivity contribution in [2.45, 2.75) is 6.42 Å². The predicted octanol–water partition coefficient (Wildman–Crippen LogP) is 3.11. The number of rotatable bonds is 8. The molecule has 7 heteroatoms. The van der Waals surface area contributed by atoms with Gasteiger partial charge in [-0.2, -0.15) is 0 Å². The van der Waals surface area contributed by atoms with E-state index < -0.39 is 6.03 Å². The standard InChI is InChI=1S/C19H23N3O4/c1-25-13-7-12-20-18(23)14-8-3-4-9-15(14)21-19(24)22-16-10-5-6-11-17(16)26-2/h3-6,8-11H,7,12-13H2,1-2H3,(H,20,23)(H2,21,22,24). The van der Waals surface area contributed by atoms with Crippen molar-refractivity contribution < 1.29 is 19.1 Å². The fourth-order valence-corrected chi connectivity index (χ4v) is 2.33. The highest BCUT2D eigenvalue weighted by atomic mass is 16.5. The van der Waals surface area contributed by atoms with Crippen LogP contribution in [0.25, 0.3) is 0 Å². The second kappa shape index (κ2) is 10.0. The van der Waals surface area contributed by atoms with Crippen LogP contribution in [0.2, 0.25) is 0 Å². The number of carbonyl (C=O) groups excluding carboxylic acids is 2. The van der Waals surface area contributed by atoms with Crippen LogP contribution in [0.5, 0.6) is 5.75 Å². The molecule has 0 atom stereocenters. The van der Waals surface area contributed by atoms with Gasteiger partial charge in [0.25, 0.3) is 5.91 Å². The summed E-state index contributed by atoms with van der Waals surface area (Å²) in [7, 11) is 3.14. The predicted molar refractivity (Wildman–Crippen MR) is 101 cm³/mol. The van der Waals surface area contributed by atoms with Crippen LogP contribution in [0.3, 0.4) is 0 Å². The van der Waals surface area contributed by atoms with Gasteiger partial charge < -0.3 is 25.4 Å². The Bertz CT molecular complexity index is 749. The Kier molecular flexibility index (Phi) is 7.45. The molecule has 3 amide bonds. The number of nitrogens with one attached hydrogen (secondary N) is 3. The van der Waals surface area contributed by atoms with Crippen molar-refractivity contribution in [1.82, 2.24) is 5.32 Å². The summed E-state index contributed by atoms with van der Waals surface area (Å²) >= 11 is 0. The number of ether oxygens (including phenoxy) is 2. The van der Waals surface area contributed by atoms with Crippen LogP contribution >= 0.6 is 0 Å². The van der Waals surface area contributed by atoms with Crippen molar-refractivity contribution in [2.75, 3.05) is 38.0 Å². The number of para-hydroxylation sites is 3. The van der Waals surface area contributed by atoms with Gasteiger partial charge in [-0.15, -0.1) is 0 Å². The lowest BCUT2D eigenvalue weighted by Gasteiger charge is -2.13. The fourth-order valence-electron chi connectivity index (χ4n) is 2.33. The summed E-state index contributed by atoms with van der Waals surface area (Å²) in [5.41, 5.74) is 1.35. The molecule has 0 saturated heterocycles. The zero-order valence-electron chi connectivity index (χ0n) is 14.9. The Balaban J connectivity index is 2.02. The van der Waals surface area contributed by atoms with Crippen molar-refractivity contribution in [3.05, 3.63) is 54.1 Å². The highest BCUT2D eigenvalue weighted by Crippen LogP contribution is 2.23. The van der Waals surface area contributed by atoms with Crippen LogP contribution in [-0.2, 0) is 4.74 Å². The Labute approximate surface area is 152 Å². The molecule has 0 unspecified atom stereocenters. The van der Waals surface area contributed by atoms with Crippen molar-refractivity contribution in [3.8, 4) is 5.75 Å². The van der Waals surface area contributed by atoms with Crippen LogP contribution < -0.4 is 20.7 Å². The van der Waals surface area contributed by atoms with Crippen LogP contribution in [0.15, 0.2) is 48.5 Å². The first kappa shape index (κ1) is 19.3. The topological polar surface area (TPSA) is 88.7 Å². The number of anilines is 2. The van der Waals surface area contributed by atoms with E-state index in [0.29, 0.717) is 42.3 Å². The van der Waals surface area contributed by atoms with Gasteiger partial charge in [-0.1, -0.05) is 24.3 Å². The summed E-state index contributed by atoms with van der Waals surface area (Å²) in [4.78, 5) is 24.6. The molecule has 0 spiro atoms. The normalized spacial score (nSPS) is 10.1. The van der Waals surface area contributed by atoms with E-state index in [4.69, 9.17) is 9.47 Å². The third-order valence-electron chi connectivity index (χ3n) is 3.59. The van der Waals surface area contributed by atoms with E-state index in [2.05, 4.69) is 16.0 Å². The van der Waals surface area contributed by atoms with Crippen LogP contribution in [0.4, 0.5) is 16.2 Å². The number of methoxy groups -OCH3 is 2. The van der Waals surface area contributed by atoms with E-state index in [1.54, 1.807) is 49.6 Å². The first-order valence-electron chi connectivity index (χ1n) is 8.23. The Morgan fingerprint density at radius 1 is 0.923 bits per heavy atom. The maximum absolute atomic E-state index is 12.3. The van der Waals surface area contributed by atoms with Gasteiger partial charge in [0.15, 0.2) is 0 Å². The monoisotopic (exact) mass is 357 g/mol. The number of benzene rings is 2. The fraction of sp³-hybridized carbons (Fsp3) is 0.263. The Hall–Kier alpha value is -3.06. The largest absolute Gasteiger partial charge is 0.495 e. The molecule has 2 rings (SSSR count). The minimum absolute atomic E-state index is 0.255. The molecular weight excluding hydrogens is 334 g/mol. The molecule has 2 aromatic rings. The lowest BCUT2D eigenvalue weighted by molar-refractivity contribution is 0.0949. The van der Waals surface area contributed by atoms with Crippen LogP contribution in [-0.4, -0.2) is 39.3 Å². The van der Waals surface area contributed by atoms with Gasteiger partial charge in [0.2, 0.25) is 0 Å². The number of hydrogen-bond acceptors (Lipinski definition) is 4. The van der Waals surface area contributed by atoms with Gasteiger partial charge in [0.05, 0.1) is 24.0 Å². The van der Waals surface area contributed by atoms with Crippen molar-refractivity contribution >= 4 is 23.3 Å². The van der Waals surface area contributed by atoms with Crippen LogP contribution in [0.1, 0.15) is 16.8 Å². The van der Waals surface area contributed by atoms with E-state index in [1.807, 2.05) is 6.07 Å². The molecule has 7 nitrogen and oxygen atoms in total. The van der Waals surface area contributed by atoms with E-state index in [-0.39, 0.29) is 5.91 Å². The highest BCUT2D eigenvalue weighted by molar-refractivity contribution is 6.06. The minimum atomic E-state index is -0.464. The summed E-state index contributed by atoms with van der Waals surface area (Å²) < 4.78 is 10.2. The lowest BCUT2D eigenvalue weighted by Crippen LogP contribution is -2.27. The van der Waals surface area contributed by atoms with Gasteiger partial charge in [-0.3, -0.25) is 4.79 Å². The molecule has 26 heavy (non-hydrogen) atoms. The number of urea groups is 1. The third-order valence-corrected chi connectivity index (χ3v) is 3.59. The lowest BCUT2D eigenvalue weighted by atomic mass is 10.1. The molecule has 138 valence electrons. The van der Waals surface area contributed by atoms with Gasteiger partial charge in [-0.25, -0.2) is 4.79 Å². The highest BCUT2D eigenvalue weighted by Gasteiger charge is 2.13. The van der Waals surface area contributed by atoms with Crippen molar-refractivity contribution in [2.24, 2.45) is 0 Å². The zero-order chi connectivity index (χ0) is 18.8. The van der Waals surface area contributed by atoms with E-state index in [1.165, 1.54) is 7.11 Å². The molecule has 0 aliphatic rings. The molecule has 0 aliphatic heterocycles. The number of carbonyl (C=O) groups is 2. The molecule has 0 bridgehead atoms. The Morgan fingerprint density at radius 2 is 1.58 bits per heavy atom. The molecule has 3 N–H and O–H groups in total. The minimum Gasteiger partial charge on any atom is -0.495 e. The molecule has 0 fully saturated rings. The Morgan fingerprint density at radius 3 is 2.31 bits per heavy atom. The summed E-state index contributed by atoms with van der Waals surface area (Å²) in [6, 6.07) is 13.4. The van der Waals surface area contributed by atoms with Crippen LogP contribution in [0, 0.1) is 0 Å². The third kappa shape index (κ3) is 5.49. The average molecular weight is 357 g/mol. The number of hydrogen-bond donors (Lipinski definition) is 3. The molecule has 0 saturated carbocycles. The molecule has 2 aromatic carbocycles. The molecule has 0 aromatic heterocycles. The zero-order valence-corrected chi connectivity index (χ0v) is 14.9. The van der Waals surface area contributed by atoms with Gasteiger partial charge >= 0.3 is 6.03 Å². The summed E-state index contributed by atoms with van der Waals surface area (Å²) in [5.74, 6) is 0.293. The summed E-state index contributed by atoms with van der Waals surface area (Å²) in [6.07, 6.45) is 0.714. The van der Waals surface area contributed by atoms with Crippen molar-refractivity contribution in [3.63, 3.8) is 0 Å². The molecule has 0 radical (unpaired) electrons. The quantitative estimate of drug-likeness (QED) is 0.634. The van der Waals surface area contributed by atoms with E-state index in [9.17, 15) is 9.59 Å². The first-order valence-corrected chi connectivity index (χ1v) is 8.23. The van der Waals surface area contributed by atoms with Gasteiger partial charge in [-0.05, 0) is 30.7 Å².